The average molecular weight is 859 g/mol. The minimum Gasteiger partial charge on any atom is -0.480 e. The molecule has 0 fully saturated rings. The average Bonchev–Trinajstić information content (AvgIpc) is 3.95. The predicted molar refractivity (Wildman–Crippen MR) is 223 cm³/mol. The van der Waals surface area contributed by atoms with Crippen molar-refractivity contribution in [3.05, 3.63) is 60.0 Å². The summed E-state index contributed by atoms with van der Waals surface area (Å²) >= 11 is 1.42. The Bertz CT molecular complexity index is 1800. The molecule has 3 rings (SSSR count). The fraction of sp³-hybridized carbons (Fsp3) is 0.553. The summed E-state index contributed by atoms with van der Waals surface area (Å²) in [6.45, 7) is 0.433. The van der Waals surface area contributed by atoms with E-state index in [9.17, 15) is 28.8 Å². The van der Waals surface area contributed by atoms with Crippen LogP contribution in [0.4, 0.5) is 5.69 Å². The van der Waals surface area contributed by atoms with Gasteiger partial charge in [-0.1, -0.05) is 12.8 Å². The van der Waals surface area contributed by atoms with Crippen molar-refractivity contribution in [1.29, 1.82) is 0 Å². The van der Waals surface area contributed by atoms with Gasteiger partial charge in [0, 0.05) is 88.2 Å². The zero-order valence-corrected chi connectivity index (χ0v) is 35.0. The summed E-state index contributed by atoms with van der Waals surface area (Å²) < 4.78 is 5.01. The topological polar surface area (TPSA) is 312 Å². The molecule has 22 heteroatoms. The van der Waals surface area contributed by atoms with Crippen LogP contribution >= 0.6 is 11.8 Å². The lowest BCUT2D eigenvalue weighted by Gasteiger charge is -2.20. The molecule has 60 heavy (non-hydrogen) atoms. The number of nitrogens with zero attached hydrogens (tertiary/aromatic N) is 4. The number of nitrogens with two attached hydrogens (primary N) is 1. The maximum Gasteiger partial charge on any atom is 0.323 e. The Kier molecular flexibility index (Phi) is 21.6. The van der Waals surface area contributed by atoms with Crippen LogP contribution in [0.15, 0.2) is 37.2 Å². The van der Waals surface area contributed by atoms with Crippen molar-refractivity contribution >= 4 is 53.1 Å². The fourth-order valence-corrected chi connectivity index (χ4v) is 6.81. The summed E-state index contributed by atoms with van der Waals surface area (Å²) in [6.07, 6.45) is 10.1. The number of thioether (sulfide) groups is 1. The van der Waals surface area contributed by atoms with Crippen molar-refractivity contribution in [3.8, 4) is 0 Å². The van der Waals surface area contributed by atoms with Crippen molar-refractivity contribution in [2.45, 2.75) is 88.6 Å². The highest BCUT2D eigenvalue weighted by molar-refractivity contribution is 7.99. The fourth-order valence-electron chi connectivity index (χ4n) is 5.76. The first-order chi connectivity index (χ1) is 28.7. The molecule has 0 aromatic carbocycles. The number of carbonyl (C=O) groups is 6. The SMILES string of the molecule is COC(=O)[C@H](Cc1cnc[nH]1)NCc1cc(N(C)C)cc(CN[C@@H](Cc2cnc[nH]2)C(=O)NCCCCCCSC[C@@H](NC(=O)CC[C@@H](N)C(=O)O)C(=O)NCC(=O)O)n1. The summed E-state index contributed by atoms with van der Waals surface area (Å²) in [6, 6.07) is 0.430. The number of rotatable bonds is 30. The van der Waals surface area contributed by atoms with E-state index >= 15 is 0 Å². The third-order valence-corrected chi connectivity index (χ3v) is 10.3. The van der Waals surface area contributed by atoms with Gasteiger partial charge in [0.2, 0.25) is 17.7 Å². The molecule has 3 aromatic rings. The second-order valence-electron chi connectivity index (χ2n) is 14.1. The molecule has 0 saturated heterocycles. The molecule has 0 aliphatic carbocycles. The Morgan fingerprint density at radius 1 is 0.850 bits per heavy atom. The molecule has 0 unspecified atom stereocenters. The van der Waals surface area contributed by atoms with Gasteiger partial charge in [0.05, 0.1) is 37.2 Å². The number of imidazole rings is 2. The van der Waals surface area contributed by atoms with Crippen LogP contribution < -0.4 is 37.2 Å². The molecule has 0 bridgehead atoms. The zero-order chi connectivity index (χ0) is 43.9. The third-order valence-electron chi connectivity index (χ3n) is 9.12. The Labute approximate surface area is 352 Å². The number of carboxylic acid groups (broad SMARTS) is 2. The molecule has 0 aliphatic heterocycles. The van der Waals surface area contributed by atoms with E-state index in [1.165, 1.54) is 18.9 Å². The Balaban J connectivity index is 1.48. The molecule has 0 saturated carbocycles. The van der Waals surface area contributed by atoms with Gasteiger partial charge in [-0.3, -0.25) is 44.4 Å². The number of aromatic amines is 2. The molecule has 4 atom stereocenters. The number of hydrogen-bond acceptors (Lipinski definition) is 15. The zero-order valence-electron chi connectivity index (χ0n) is 34.2. The quantitative estimate of drug-likeness (QED) is 0.0297. The number of H-pyrrole nitrogens is 2. The van der Waals surface area contributed by atoms with Gasteiger partial charge in [-0.2, -0.15) is 11.8 Å². The van der Waals surface area contributed by atoms with E-state index in [0.717, 1.165) is 42.8 Å². The minimum absolute atomic E-state index is 0.112. The first-order valence-electron chi connectivity index (χ1n) is 19.5. The first-order valence-corrected chi connectivity index (χ1v) is 20.7. The Morgan fingerprint density at radius 3 is 2.02 bits per heavy atom. The summed E-state index contributed by atoms with van der Waals surface area (Å²) in [4.78, 5) is 93.7. The van der Waals surface area contributed by atoms with E-state index < -0.39 is 60.4 Å². The van der Waals surface area contributed by atoms with E-state index in [-0.39, 0.29) is 37.6 Å². The lowest BCUT2D eigenvalue weighted by molar-refractivity contribution is -0.143. The molecule has 21 nitrogen and oxygen atoms in total. The number of carboxylic acids is 2. The van der Waals surface area contributed by atoms with Crippen molar-refractivity contribution in [1.82, 2.24) is 51.5 Å². The second-order valence-corrected chi connectivity index (χ2v) is 15.3. The number of aliphatic carboxylic acids is 2. The monoisotopic (exact) mass is 858 g/mol. The maximum atomic E-state index is 13.5. The lowest BCUT2D eigenvalue weighted by atomic mass is 10.1. The molecule has 3 amide bonds. The normalized spacial score (nSPS) is 13.1. The molecular weight excluding hydrogens is 801 g/mol. The number of methoxy groups -OCH3 is 1. The van der Waals surface area contributed by atoms with Crippen LogP contribution in [0.25, 0.3) is 0 Å². The van der Waals surface area contributed by atoms with E-state index in [1.807, 2.05) is 31.1 Å². The van der Waals surface area contributed by atoms with Crippen LogP contribution in [0.5, 0.6) is 0 Å². The number of carbonyl (C=O) groups excluding carboxylic acids is 4. The van der Waals surface area contributed by atoms with Crippen LogP contribution in [0.2, 0.25) is 0 Å². The highest BCUT2D eigenvalue weighted by atomic mass is 32.2. The summed E-state index contributed by atoms with van der Waals surface area (Å²) in [5, 5.41) is 32.3. The minimum atomic E-state index is -1.24. The number of aromatic nitrogens is 5. The van der Waals surface area contributed by atoms with Gasteiger partial charge in [-0.25, -0.2) is 9.97 Å². The number of esters is 1. The molecular formula is C38H58N12O9S. The number of nitrogens with one attached hydrogen (secondary N) is 7. The van der Waals surface area contributed by atoms with Crippen molar-refractivity contribution in [2.75, 3.05) is 50.7 Å². The molecule has 3 aromatic heterocycles. The largest absolute Gasteiger partial charge is 0.480 e. The van der Waals surface area contributed by atoms with E-state index in [0.29, 0.717) is 36.5 Å². The summed E-state index contributed by atoms with van der Waals surface area (Å²) in [5.41, 5.74) is 9.34. The Morgan fingerprint density at radius 2 is 1.45 bits per heavy atom. The van der Waals surface area contributed by atoms with Gasteiger partial charge in [0.15, 0.2) is 0 Å². The van der Waals surface area contributed by atoms with Gasteiger partial charge in [0.25, 0.3) is 0 Å². The highest BCUT2D eigenvalue weighted by Gasteiger charge is 2.24. The van der Waals surface area contributed by atoms with Gasteiger partial charge < -0.3 is 51.5 Å². The summed E-state index contributed by atoms with van der Waals surface area (Å²) in [7, 11) is 5.19. The van der Waals surface area contributed by atoms with Crippen molar-refractivity contribution < 1.29 is 43.7 Å². The van der Waals surface area contributed by atoms with E-state index in [1.54, 1.807) is 25.0 Å². The molecule has 0 spiro atoms. The molecule has 0 aliphatic rings. The standard InChI is InChI=1S/C38H58N12O9S/c1-50(2)28-12-26(48-27(13-28)19-44-31(38(58)59-3)15-25-17-41-23-47-25)18-43-30(14-24-16-40-22-46-24)35(54)42-10-6-4-5-7-11-60-21-32(36(55)45-20-34(52)53)49-33(51)9-8-29(39)37(56)57/h12-13,16-17,22-23,29-32,43-44H,4-11,14-15,18-21,39H2,1-3H3,(H,40,46)(H,41,47)(H,42,54)(H,45,55)(H,49,51)(H,52,53)(H,56,57)/t29-,30+,31+,32-/m1/s1. The maximum absolute atomic E-state index is 13.5. The number of anilines is 1. The first kappa shape index (κ1) is 48.8. The van der Waals surface area contributed by atoms with Crippen molar-refractivity contribution in [2.24, 2.45) is 5.73 Å². The molecule has 11 N–H and O–H groups in total. The van der Waals surface area contributed by atoms with Crippen LogP contribution in [0.3, 0.4) is 0 Å². The molecule has 0 radical (unpaired) electrons. The molecule has 330 valence electrons. The van der Waals surface area contributed by atoms with E-state index in [4.69, 9.17) is 25.7 Å². The van der Waals surface area contributed by atoms with Crippen LogP contribution in [0, 0.1) is 0 Å². The van der Waals surface area contributed by atoms with Crippen LogP contribution in [-0.2, 0) is 59.4 Å². The molecule has 3 heterocycles. The smallest absolute Gasteiger partial charge is 0.323 e. The number of hydrogen-bond donors (Lipinski definition) is 10. The number of pyridine rings is 1. The second kappa shape index (κ2) is 26.5. The third kappa shape index (κ3) is 18.6. The number of amides is 3. The van der Waals surface area contributed by atoms with Crippen LogP contribution in [-0.4, -0.2) is 141 Å². The van der Waals surface area contributed by atoms with Crippen molar-refractivity contribution in [3.63, 3.8) is 0 Å². The van der Waals surface area contributed by atoms with Gasteiger partial charge in [-0.05, 0) is 37.1 Å². The van der Waals surface area contributed by atoms with Crippen LogP contribution in [0.1, 0.15) is 61.3 Å². The number of unbranched alkanes of at least 4 members (excludes halogenated alkanes) is 3. The predicted octanol–water partition coefficient (Wildman–Crippen LogP) is -0.544. The van der Waals surface area contributed by atoms with Gasteiger partial charge >= 0.3 is 17.9 Å². The van der Waals surface area contributed by atoms with Gasteiger partial charge in [-0.15, -0.1) is 0 Å². The van der Waals surface area contributed by atoms with Gasteiger partial charge in [0.1, 0.15) is 24.7 Å². The number of ether oxygens (including phenoxy) is 1. The lowest BCUT2D eigenvalue weighted by Crippen LogP contribution is -2.49. The summed E-state index contributed by atoms with van der Waals surface area (Å²) in [5.74, 6) is -3.41. The van der Waals surface area contributed by atoms with E-state index in [2.05, 4.69) is 46.5 Å². The Hall–Kier alpha value is -5.58. The highest BCUT2D eigenvalue weighted by Crippen LogP contribution is 2.16.